The quantitative estimate of drug-likeness (QED) is 0.881. The van der Waals surface area contributed by atoms with Crippen molar-refractivity contribution in [2.45, 2.75) is 4.21 Å². The highest BCUT2D eigenvalue weighted by Gasteiger charge is 2.18. The SMILES string of the molecule is O=C(O)c1cc(Cl)cc(NS(=O)(=O)c2ccc(Cl)s2)c1. The number of aromatic carboxylic acids is 1. The van der Waals surface area contributed by atoms with Crippen LogP contribution in [0.4, 0.5) is 5.69 Å². The lowest BCUT2D eigenvalue weighted by molar-refractivity contribution is 0.0697. The second kappa shape index (κ2) is 5.61. The molecular formula is C11H7Cl2NO4S2. The fourth-order valence-corrected chi connectivity index (χ4v) is 4.18. The van der Waals surface area contributed by atoms with Crippen molar-refractivity contribution >= 4 is 56.2 Å². The summed E-state index contributed by atoms with van der Waals surface area (Å²) >= 11 is 12.3. The molecule has 2 aromatic rings. The first-order valence-corrected chi connectivity index (χ1v) is 8.15. The number of halogens is 2. The van der Waals surface area contributed by atoms with Crippen LogP contribution in [0.25, 0.3) is 0 Å². The minimum atomic E-state index is -3.82. The molecule has 9 heteroatoms. The number of hydrogen-bond donors (Lipinski definition) is 2. The van der Waals surface area contributed by atoms with E-state index in [1.165, 1.54) is 30.3 Å². The van der Waals surface area contributed by atoms with Crippen molar-refractivity contribution in [1.82, 2.24) is 0 Å². The minimum Gasteiger partial charge on any atom is -0.478 e. The van der Waals surface area contributed by atoms with Gasteiger partial charge in [0.2, 0.25) is 0 Å². The van der Waals surface area contributed by atoms with Gasteiger partial charge in [-0.25, -0.2) is 13.2 Å². The molecule has 0 aliphatic heterocycles. The molecule has 106 valence electrons. The van der Waals surface area contributed by atoms with E-state index in [0.717, 1.165) is 11.3 Å². The van der Waals surface area contributed by atoms with Crippen LogP contribution in [0.5, 0.6) is 0 Å². The number of nitrogens with one attached hydrogen (secondary N) is 1. The average Bonchev–Trinajstić information content (AvgIpc) is 2.75. The maximum Gasteiger partial charge on any atom is 0.335 e. The van der Waals surface area contributed by atoms with E-state index in [-0.39, 0.29) is 20.5 Å². The molecule has 20 heavy (non-hydrogen) atoms. The van der Waals surface area contributed by atoms with E-state index >= 15 is 0 Å². The van der Waals surface area contributed by atoms with Crippen LogP contribution < -0.4 is 4.72 Å². The lowest BCUT2D eigenvalue weighted by Crippen LogP contribution is -2.12. The average molecular weight is 352 g/mol. The van der Waals surface area contributed by atoms with Gasteiger partial charge in [0.25, 0.3) is 10.0 Å². The highest BCUT2D eigenvalue weighted by atomic mass is 35.5. The molecule has 0 spiro atoms. The third kappa shape index (κ3) is 3.43. The summed E-state index contributed by atoms with van der Waals surface area (Å²) in [4.78, 5) is 10.9. The molecule has 0 atom stereocenters. The van der Waals surface area contributed by atoms with Crippen molar-refractivity contribution in [3.8, 4) is 0 Å². The lowest BCUT2D eigenvalue weighted by atomic mass is 10.2. The number of thiophene rings is 1. The summed E-state index contributed by atoms with van der Waals surface area (Å²) in [5, 5.41) is 9.02. The topological polar surface area (TPSA) is 83.5 Å². The molecule has 0 fully saturated rings. The van der Waals surface area contributed by atoms with Crippen LogP contribution in [0.3, 0.4) is 0 Å². The van der Waals surface area contributed by atoms with Crippen molar-refractivity contribution in [1.29, 1.82) is 0 Å². The van der Waals surface area contributed by atoms with E-state index in [9.17, 15) is 13.2 Å². The van der Waals surface area contributed by atoms with Crippen LogP contribution in [0, 0.1) is 0 Å². The van der Waals surface area contributed by atoms with Crippen molar-refractivity contribution < 1.29 is 18.3 Å². The molecule has 5 nitrogen and oxygen atoms in total. The molecule has 2 N–H and O–H groups in total. The summed E-state index contributed by atoms with van der Waals surface area (Å²) in [6.07, 6.45) is 0. The van der Waals surface area contributed by atoms with Gasteiger partial charge in [0, 0.05) is 5.02 Å². The second-order valence-electron chi connectivity index (χ2n) is 3.70. The zero-order valence-electron chi connectivity index (χ0n) is 9.63. The van der Waals surface area contributed by atoms with Crippen molar-refractivity contribution in [2.24, 2.45) is 0 Å². The molecular weight excluding hydrogens is 345 g/mol. The van der Waals surface area contributed by atoms with E-state index in [4.69, 9.17) is 28.3 Å². The number of anilines is 1. The first-order valence-electron chi connectivity index (χ1n) is 5.10. The standard InChI is InChI=1S/C11H7Cl2NO4S2/c12-7-3-6(11(15)16)4-8(5-7)14-20(17,18)10-2-1-9(13)19-10/h1-5,14H,(H,15,16). The molecule has 2 rings (SSSR count). The predicted molar refractivity (Wildman–Crippen MR) is 78.5 cm³/mol. The van der Waals surface area contributed by atoms with Crippen LogP contribution in [-0.2, 0) is 10.0 Å². The summed E-state index contributed by atoms with van der Waals surface area (Å²) in [5.41, 5.74) is -0.0427. The molecule has 1 aromatic heterocycles. The Hall–Kier alpha value is -1.28. The number of sulfonamides is 1. The Morgan fingerprint density at radius 1 is 1.20 bits per heavy atom. The number of carboxylic acids is 1. The van der Waals surface area contributed by atoms with Crippen LogP contribution in [0.1, 0.15) is 10.4 Å². The highest BCUT2D eigenvalue weighted by molar-refractivity contribution is 7.94. The molecule has 0 aliphatic carbocycles. The lowest BCUT2D eigenvalue weighted by Gasteiger charge is -2.07. The third-order valence-corrected chi connectivity index (χ3v) is 5.53. The monoisotopic (exact) mass is 351 g/mol. The Bertz CT molecular complexity index is 770. The van der Waals surface area contributed by atoms with E-state index in [1.54, 1.807) is 0 Å². The summed E-state index contributed by atoms with van der Waals surface area (Å²) in [6.45, 7) is 0. The largest absolute Gasteiger partial charge is 0.478 e. The van der Waals surface area contributed by atoms with Crippen molar-refractivity contribution in [2.75, 3.05) is 4.72 Å². The summed E-state index contributed by atoms with van der Waals surface area (Å²) in [7, 11) is -3.82. The van der Waals surface area contributed by atoms with Gasteiger partial charge in [-0.3, -0.25) is 4.72 Å². The van der Waals surface area contributed by atoms with Gasteiger partial charge in [0.1, 0.15) is 4.21 Å². The van der Waals surface area contributed by atoms with E-state index in [0.29, 0.717) is 4.34 Å². The van der Waals surface area contributed by atoms with Gasteiger partial charge in [-0.2, -0.15) is 0 Å². The molecule has 1 heterocycles. The summed E-state index contributed by atoms with van der Waals surface area (Å²) in [6, 6.07) is 6.55. The van der Waals surface area contributed by atoms with Crippen LogP contribution >= 0.6 is 34.5 Å². The first-order chi connectivity index (χ1) is 9.28. The van der Waals surface area contributed by atoms with E-state index in [2.05, 4.69) is 4.72 Å². The Balaban J connectivity index is 2.37. The minimum absolute atomic E-state index is 0.0272. The summed E-state index contributed by atoms with van der Waals surface area (Å²) in [5.74, 6) is -1.20. The molecule has 1 aromatic carbocycles. The van der Waals surface area contributed by atoms with Crippen molar-refractivity contribution in [3.05, 3.63) is 45.3 Å². The highest BCUT2D eigenvalue weighted by Crippen LogP contribution is 2.28. The predicted octanol–water partition coefficient (Wildman–Crippen LogP) is 3.55. The Labute approximate surface area is 128 Å². The van der Waals surface area contributed by atoms with Gasteiger partial charge >= 0.3 is 5.97 Å². The fourth-order valence-electron chi connectivity index (χ4n) is 1.42. The molecule has 0 saturated heterocycles. The Morgan fingerprint density at radius 3 is 2.45 bits per heavy atom. The molecule has 0 amide bonds. The van der Waals surface area contributed by atoms with Gasteiger partial charge in [0.05, 0.1) is 15.6 Å². The molecule has 0 unspecified atom stereocenters. The Kier molecular flexibility index (Phi) is 4.24. The summed E-state index contributed by atoms with van der Waals surface area (Å²) < 4.78 is 26.7. The molecule has 0 radical (unpaired) electrons. The third-order valence-electron chi connectivity index (χ3n) is 2.21. The number of hydrogen-bond acceptors (Lipinski definition) is 4. The van der Waals surface area contributed by atoms with Gasteiger partial charge in [-0.1, -0.05) is 23.2 Å². The number of carbonyl (C=O) groups is 1. The van der Waals surface area contributed by atoms with Gasteiger partial charge < -0.3 is 5.11 Å². The van der Waals surface area contributed by atoms with Gasteiger partial charge in [0.15, 0.2) is 0 Å². The molecule has 0 bridgehead atoms. The number of carboxylic acid groups (broad SMARTS) is 1. The normalized spacial score (nSPS) is 11.3. The van der Waals surface area contributed by atoms with E-state index in [1.807, 2.05) is 0 Å². The van der Waals surface area contributed by atoms with Crippen LogP contribution in [-0.4, -0.2) is 19.5 Å². The molecule has 0 aliphatic rings. The maximum atomic E-state index is 12.1. The maximum absolute atomic E-state index is 12.1. The van der Waals surface area contributed by atoms with E-state index < -0.39 is 16.0 Å². The Morgan fingerprint density at radius 2 is 1.90 bits per heavy atom. The van der Waals surface area contributed by atoms with Crippen molar-refractivity contribution in [3.63, 3.8) is 0 Å². The van der Waals surface area contributed by atoms with Crippen LogP contribution in [0.2, 0.25) is 9.36 Å². The molecule has 0 saturated carbocycles. The second-order valence-corrected chi connectivity index (χ2v) is 7.76. The van der Waals surface area contributed by atoms with Gasteiger partial charge in [-0.05, 0) is 30.3 Å². The number of benzene rings is 1. The zero-order chi connectivity index (χ0) is 14.9. The van der Waals surface area contributed by atoms with Crippen LogP contribution in [0.15, 0.2) is 34.5 Å². The zero-order valence-corrected chi connectivity index (χ0v) is 12.8. The number of rotatable bonds is 4. The van der Waals surface area contributed by atoms with Gasteiger partial charge in [-0.15, -0.1) is 11.3 Å². The first kappa shape index (κ1) is 15.1. The fraction of sp³-hybridized carbons (Fsp3) is 0. The smallest absolute Gasteiger partial charge is 0.335 e.